The fraction of sp³-hybridized carbons (Fsp3) is 0.200. The van der Waals surface area contributed by atoms with Crippen LogP contribution in [0.5, 0.6) is 11.5 Å². The second kappa shape index (κ2) is 9.32. The number of para-hydroxylation sites is 1. The Bertz CT molecular complexity index is 1340. The van der Waals surface area contributed by atoms with Crippen molar-refractivity contribution < 1.29 is 14.7 Å². The topological polar surface area (TPSA) is 128 Å². The van der Waals surface area contributed by atoms with Crippen LogP contribution in [0.2, 0.25) is 0 Å². The second-order valence-corrected chi connectivity index (χ2v) is 8.20. The molecule has 1 aliphatic carbocycles. The fourth-order valence-electron chi connectivity index (χ4n) is 4.34. The Labute approximate surface area is 195 Å². The lowest BCUT2D eigenvalue weighted by atomic mass is 9.90. The number of hydrogen-bond acceptors (Lipinski definition) is 7. The van der Waals surface area contributed by atoms with E-state index in [1.54, 1.807) is 5.48 Å². The quantitative estimate of drug-likeness (QED) is 0.230. The SMILES string of the molecule is Nc1ncnc2c1c(-c1ccc(Oc3ccccc3)cc1)nn2C1CCC(=CC(=O)NO)CC1. The molecule has 1 amide bonds. The lowest BCUT2D eigenvalue weighted by Gasteiger charge is -2.24. The van der Waals surface area contributed by atoms with Crippen LogP contribution in [-0.4, -0.2) is 30.9 Å². The van der Waals surface area contributed by atoms with E-state index < -0.39 is 5.91 Å². The zero-order valence-electron chi connectivity index (χ0n) is 18.4. The number of nitrogen functional groups attached to an aromatic ring is 1. The van der Waals surface area contributed by atoms with E-state index in [0.29, 0.717) is 11.5 Å². The Kier molecular flexibility index (Phi) is 5.92. The summed E-state index contributed by atoms with van der Waals surface area (Å²) in [6.07, 6.45) is 5.99. The van der Waals surface area contributed by atoms with Gasteiger partial charge in [0.2, 0.25) is 0 Å². The molecule has 1 fully saturated rings. The number of aromatic nitrogens is 4. The first-order chi connectivity index (χ1) is 16.6. The van der Waals surface area contributed by atoms with Crippen molar-refractivity contribution in [3.8, 4) is 22.8 Å². The molecule has 0 bridgehead atoms. The number of nitrogens with zero attached hydrogens (tertiary/aromatic N) is 4. The molecule has 1 saturated carbocycles. The molecule has 5 rings (SSSR count). The van der Waals surface area contributed by atoms with Gasteiger partial charge in [0.1, 0.15) is 29.3 Å². The molecular formula is C25H24N6O3. The second-order valence-electron chi connectivity index (χ2n) is 8.20. The third kappa shape index (κ3) is 4.33. The minimum Gasteiger partial charge on any atom is -0.457 e. The molecule has 0 aliphatic heterocycles. The summed E-state index contributed by atoms with van der Waals surface area (Å²) in [6.45, 7) is 0. The summed E-state index contributed by atoms with van der Waals surface area (Å²) < 4.78 is 7.83. The van der Waals surface area contributed by atoms with E-state index in [2.05, 4.69) is 9.97 Å². The lowest BCUT2D eigenvalue weighted by molar-refractivity contribution is -0.124. The first-order valence-electron chi connectivity index (χ1n) is 11.1. The molecule has 0 spiro atoms. The van der Waals surface area contributed by atoms with Crippen molar-refractivity contribution in [3.63, 3.8) is 0 Å². The zero-order chi connectivity index (χ0) is 23.5. The van der Waals surface area contributed by atoms with E-state index in [0.717, 1.165) is 59.4 Å². The van der Waals surface area contributed by atoms with Crippen molar-refractivity contribution in [1.29, 1.82) is 0 Å². The molecule has 9 nitrogen and oxygen atoms in total. The van der Waals surface area contributed by atoms with Gasteiger partial charge in [-0.15, -0.1) is 0 Å². The highest BCUT2D eigenvalue weighted by Gasteiger charge is 2.25. The first-order valence-corrected chi connectivity index (χ1v) is 11.1. The van der Waals surface area contributed by atoms with Gasteiger partial charge in [0.15, 0.2) is 5.65 Å². The summed E-state index contributed by atoms with van der Waals surface area (Å²) >= 11 is 0. The Morgan fingerprint density at radius 1 is 1.06 bits per heavy atom. The van der Waals surface area contributed by atoms with Crippen molar-refractivity contribution in [2.75, 3.05) is 5.73 Å². The molecule has 9 heteroatoms. The number of nitrogens with two attached hydrogens (primary N) is 1. The molecule has 1 aliphatic rings. The summed E-state index contributed by atoms with van der Waals surface area (Å²) in [5.41, 5.74) is 11.2. The Balaban J connectivity index is 1.44. The van der Waals surface area contributed by atoms with E-state index in [1.165, 1.54) is 12.4 Å². The number of anilines is 1. The summed E-state index contributed by atoms with van der Waals surface area (Å²) in [6, 6.07) is 17.4. The van der Waals surface area contributed by atoms with Crippen LogP contribution in [-0.2, 0) is 4.79 Å². The maximum absolute atomic E-state index is 11.4. The van der Waals surface area contributed by atoms with Crippen LogP contribution in [0.25, 0.3) is 22.3 Å². The predicted molar refractivity (Wildman–Crippen MR) is 127 cm³/mol. The molecule has 0 unspecified atom stereocenters. The van der Waals surface area contributed by atoms with Crippen LogP contribution >= 0.6 is 0 Å². The number of ether oxygens (including phenoxy) is 1. The highest BCUT2D eigenvalue weighted by Crippen LogP contribution is 2.37. The van der Waals surface area contributed by atoms with E-state index in [4.69, 9.17) is 20.8 Å². The first kappa shape index (κ1) is 21.6. The largest absolute Gasteiger partial charge is 0.457 e. The van der Waals surface area contributed by atoms with Gasteiger partial charge in [0, 0.05) is 11.6 Å². The number of carbonyl (C=O) groups is 1. The maximum atomic E-state index is 11.4. The summed E-state index contributed by atoms with van der Waals surface area (Å²) in [5.74, 6) is 1.37. The smallest absolute Gasteiger partial charge is 0.267 e. The van der Waals surface area contributed by atoms with Crippen molar-refractivity contribution in [2.24, 2.45) is 0 Å². The molecule has 0 saturated heterocycles. The van der Waals surface area contributed by atoms with E-state index in [9.17, 15) is 4.79 Å². The minimum absolute atomic E-state index is 0.112. The van der Waals surface area contributed by atoms with Gasteiger partial charge in [-0.3, -0.25) is 10.0 Å². The summed E-state index contributed by atoms with van der Waals surface area (Å²) in [5, 5.41) is 14.4. The molecule has 4 N–H and O–H groups in total. The van der Waals surface area contributed by atoms with Crippen molar-refractivity contribution in [2.45, 2.75) is 31.7 Å². The normalized spacial score (nSPS) is 15.8. The number of amides is 1. The van der Waals surface area contributed by atoms with Crippen LogP contribution in [0.1, 0.15) is 31.7 Å². The average molecular weight is 457 g/mol. The number of fused-ring (bicyclic) bond motifs is 1. The fourth-order valence-corrected chi connectivity index (χ4v) is 4.34. The van der Waals surface area contributed by atoms with Crippen LogP contribution in [0.15, 0.2) is 72.6 Å². The number of benzene rings is 2. The van der Waals surface area contributed by atoms with Crippen molar-refractivity contribution in [1.82, 2.24) is 25.2 Å². The highest BCUT2D eigenvalue weighted by molar-refractivity contribution is 5.98. The Morgan fingerprint density at radius 2 is 1.76 bits per heavy atom. The van der Waals surface area contributed by atoms with Gasteiger partial charge in [-0.2, -0.15) is 5.10 Å². The molecule has 2 aromatic carbocycles. The monoisotopic (exact) mass is 456 g/mol. The third-order valence-corrected chi connectivity index (χ3v) is 6.01. The molecule has 2 aromatic heterocycles. The number of carbonyl (C=O) groups excluding carboxylic acids is 1. The van der Waals surface area contributed by atoms with Gasteiger partial charge in [0.25, 0.3) is 5.91 Å². The average Bonchev–Trinajstić information content (AvgIpc) is 3.26. The van der Waals surface area contributed by atoms with Gasteiger partial charge in [0.05, 0.1) is 11.4 Å². The van der Waals surface area contributed by atoms with Crippen LogP contribution < -0.4 is 16.0 Å². The molecule has 34 heavy (non-hydrogen) atoms. The molecule has 0 atom stereocenters. The molecule has 4 aromatic rings. The molecule has 2 heterocycles. The maximum Gasteiger partial charge on any atom is 0.267 e. The number of allylic oxidation sites excluding steroid dienone is 1. The van der Waals surface area contributed by atoms with E-state index in [1.807, 2.05) is 59.3 Å². The lowest BCUT2D eigenvalue weighted by Crippen LogP contribution is -2.19. The highest BCUT2D eigenvalue weighted by atomic mass is 16.5. The number of hydrogen-bond donors (Lipinski definition) is 3. The van der Waals surface area contributed by atoms with Crippen LogP contribution in [0, 0.1) is 0 Å². The van der Waals surface area contributed by atoms with E-state index in [-0.39, 0.29) is 6.04 Å². The van der Waals surface area contributed by atoms with Gasteiger partial charge in [-0.1, -0.05) is 23.8 Å². The Morgan fingerprint density at radius 3 is 2.47 bits per heavy atom. The van der Waals surface area contributed by atoms with Crippen molar-refractivity contribution in [3.05, 3.63) is 72.6 Å². The molecule has 0 radical (unpaired) electrons. The standard InChI is InChI=1S/C25H24N6O3/c26-24-22-23(17-8-12-20(13-9-17)34-19-4-2-1-3-5-19)29-31(25(22)28-15-27-24)18-10-6-16(7-11-18)14-21(32)30-33/h1-5,8-9,12-15,18,33H,6-7,10-11H2,(H,30,32)(H2,26,27,28). The minimum atomic E-state index is -0.500. The van der Waals surface area contributed by atoms with Gasteiger partial charge in [-0.25, -0.2) is 20.1 Å². The zero-order valence-corrected chi connectivity index (χ0v) is 18.4. The Hall–Kier alpha value is -4.24. The van der Waals surface area contributed by atoms with Gasteiger partial charge in [-0.05, 0) is 62.1 Å². The molecule has 172 valence electrons. The summed E-state index contributed by atoms with van der Waals surface area (Å²) in [7, 11) is 0. The number of hydroxylamine groups is 1. The number of nitrogens with one attached hydrogen (secondary N) is 1. The van der Waals surface area contributed by atoms with Crippen LogP contribution in [0.4, 0.5) is 5.82 Å². The summed E-state index contributed by atoms with van der Waals surface area (Å²) in [4.78, 5) is 20.1. The van der Waals surface area contributed by atoms with Crippen LogP contribution in [0.3, 0.4) is 0 Å². The predicted octanol–water partition coefficient (Wildman–Crippen LogP) is 4.41. The van der Waals surface area contributed by atoms with E-state index >= 15 is 0 Å². The third-order valence-electron chi connectivity index (χ3n) is 6.01. The van der Waals surface area contributed by atoms with Gasteiger partial charge >= 0.3 is 0 Å². The molecular weight excluding hydrogens is 432 g/mol. The van der Waals surface area contributed by atoms with Crippen molar-refractivity contribution >= 4 is 22.8 Å². The number of rotatable bonds is 5. The van der Waals surface area contributed by atoms with Gasteiger partial charge < -0.3 is 10.5 Å².